The topological polar surface area (TPSA) is 203 Å². The molecule has 1 fully saturated rings. The lowest BCUT2D eigenvalue weighted by molar-refractivity contribution is -0.147. The number of fused-ring (bicyclic) bond motifs is 3. The number of Topliss-reactive ketones (excluding diaryl/α,β-unsaturated/α-hetero) is 2. The van der Waals surface area contributed by atoms with Crippen molar-refractivity contribution in [1.82, 2.24) is 0 Å². The van der Waals surface area contributed by atoms with Crippen molar-refractivity contribution in [2.24, 2.45) is 17.6 Å². The van der Waals surface area contributed by atoms with Gasteiger partial charge in [0.1, 0.15) is 17.1 Å². The van der Waals surface area contributed by atoms with Crippen LogP contribution in [0.3, 0.4) is 0 Å². The number of aliphatic hydroxyl groups is 3. The van der Waals surface area contributed by atoms with E-state index in [1.54, 1.807) is 49.3 Å². The van der Waals surface area contributed by atoms with E-state index in [1.165, 1.54) is 6.07 Å². The number of anilines is 3. The number of carbonyl (C=O) groups excluding carboxylic acids is 4. The Morgan fingerprint density at radius 3 is 2.35 bits per heavy atom. The summed E-state index contributed by atoms with van der Waals surface area (Å²) in [4.78, 5) is 52.5. The Morgan fingerprint density at radius 1 is 1.05 bits per heavy atom. The molecule has 0 aliphatic heterocycles. The van der Waals surface area contributed by atoms with Gasteiger partial charge >= 0.3 is 6.03 Å². The monoisotopic (exact) mass is 548 g/mol. The standard InChI is InChI=1S/C28H28N4O8/c1-32(2)17-11-16(31-27(39)30-14-6-4-3-5-7-14)22(34)20-15(17)9-12-8-13-10-18(33)21(26(29)38)25(37)28(13,40)24(36)19(12)23(20)35/h3-7,11-13,34-35,37,40H,8-10H2,1-2H3,(H2,29,38)(H2,30,31,39)/t12?,13?,28-/m0/s1. The van der Waals surface area contributed by atoms with E-state index in [0.29, 0.717) is 16.9 Å². The molecular formula is C28H28N4O8. The number of amides is 3. The van der Waals surface area contributed by atoms with Crippen molar-refractivity contribution in [3.8, 4) is 5.75 Å². The molecule has 12 nitrogen and oxygen atoms in total. The molecule has 0 heterocycles. The van der Waals surface area contributed by atoms with Gasteiger partial charge in [0, 0.05) is 43.4 Å². The van der Waals surface area contributed by atoms with Gasteiger partial charge in [-0.25, -0.2) is 4.79 Å². The molecule has 3 atom stereocenters. The molecule has 0 aromatic heterocycles. The number of carbonyl (C=O) groups is 4. The molecule has 2 aromatic rings. The normalized spacial score (nSPS) is 23.7. The van der Waals surface area contributed by atoms with Crippen LogP contribution in [0.1, 0.15) is 24.0 Å². The number of para-hydroxylation sites is 1. The van der Waals surface area contributed by atoms with E-state index in [1.807, 2.05) is 0 Å². The van der Waals surface area contributed by atoms with Crippen molar-refractivity contribution in [2.45, 2.75) is 24.9 Å². The molecule has 3 amide bonds. The maximum Gasteiger partial charge on any atom is 0.323 e. The second-order valence-electron chi connectivity index (χ2n) is 10.4. The van der Waals surface area contributed by atoms with Gasteiger partial charge in [-0.1, -0.05) is 18.2 Å². The summed E-state index contributed by atoms with van der Waals surface area (Å²) < 4.78 is 0. The highest BCUT2D eigenvalue weighted by molar-refractivity contribution is 6.22. The third-order valence-electron chi connectivity index (χ3n) is 7.80. The van der Waals surface area contributed by atoms with Gasteiger partial charge in [0.15, 0.2) is 17.1 Å². The van der Waals surface area contributed by atoms with Crippen LogP contribution >= 0.6 is 0 Å². The quantitative estimate of drug-likeness (QED) is 0.221. The fraction of sp³-hybridized carbons (Fsp3) is 0.286. The SMILES string of the molecule is CN(C)c1cc(NC(=O)Nc2ccccc2)c(O)c2c1CC1CC3CC(=O)C(C(N)=O)=C(O)[C@@]3(O)C(=O)C1=C2O. The van der Waals surface area contributed by atoms with Gasteiger partial charge in [-0.2, -0.15) is 0 Å². The van der Waals surface area contributed by atoms with Crippen LogP contribution in [0.4, 0.5) is 21.9 Å². The predicted octanol–water partition coefficient (Wildman–Crippen LogP) is 2.13. The van der Waals surface area contributed by atoms with E-state index in [0.717, 1.165) is 0 Å². The second-order valence-corrected chi connectivity index (χ2v) is 10.4. The van der Waals surface area contributed by atoms with Gasteiger partial charge in [-0.3, -0.25) is 14.4 Å². The minimum absolute atomic E-state index is 0.0238. The molecular weight excluding hydrogens is 520 g/mol. The summed E-state index contributed by atoms with van der Waals surface area (Å²) in [7, 11) is 3.46. The van der Waals surface area contributed by atoms with Gasteiger partial charge in [0.05, 0.1) is 11.3 Å². The predicted molar refractivity (Wildman–Crippen MR) is 145 cm³/mol. The molecule has 3 aliphatic carbocycles. The lowest BCUT2D eigenvalue weighted by Gasteiger charge is -2.46. The van der Waals surface area contributed by atoms with Crippen LogP contribution in [0.5, 0.6) is 5.75 Å². The smallest absolute Gasteiger partial charge is 0.323 e. The fourth-order valence-electron chi connectivity index (χ4n) is 5.97. The zero-order valence-electron chi connectivity index (χ0n) is 21.7. The number of hydrogen-bond acceptors (Lipinski definition) is 9. The first-order valence-electron chi connectivity index (χ1n) is 12.5. The first kappa shape index (κ1) is 26.8. The zero-order chi connectivity index (χ0) is 29.1. The summed E-state index contributed by atoms with van der Waals surface area (Å²) in [5, 5.41) is 49.9. The lowest BCUT2D eigenvalue weighted by atomic mass is 9.59. The molecule has 2 unspecified atom stereocenters. The first-order valence-corrected chi connectivity index (χ1v) is 12.5. The molecule has 3 aliphatic rings. The highest BCUT2D eigenvalue weighted by Gasteiger charge is 2.60. The van der Waals surface area contributed by atoms with Crippen molar-refractivity contribution in [3.63, 3.8) is 0 Å². The third kappa shape index (κ3) is 3.95. The lowest BCUT2D eigenvalue weighted by Crippen LogP contribution is -2.58. The van der Waals surface area contributed by atoms with Crippen LogP contribution in [0.2, 0.25) is 0 Å². The van der Waals surface area contributed by atoms with E-state index in [9.17, 15) is 39.6 Å². The number of nitrogens with one attached hydrogen (secondary N) is 2. The Labute approximate surface area is 228 Å². The van der Waals surface area contributed by atoms with Gasteiger partial charge in [-0.15, -0.1) is 0 Å². The van der Waals surface area contributed by atoms with Crippen LogP contribution in [-0.2, 0) is 20.8 Å². The van der Waals surface area contributed by atoms with Crippen LogP contribution in [-0.4, -0.2) is 63.6 Å². The number of primary amides is 1. The molecule has 2 aromatic carbocycles. The molecule has 40 heavy (non-hydrogen) atoms. The van der Waals surface area contributed by atoms with Crippen LogP contribution in [0.15, 0.2) is 53.3 Å². The average molecular weight is 549 g/mol. The third-order valence-corrected chi connectivity index (χ3v) is 7.80. The second kappa shape index (κ2) is 9.42. The van der Waals surface area contributed by atoms with Crippen molar-refractivity contribution >= 4 is 46.3 Å². The Bertz CT molecular complexity index is 1550. The van der Waals surface area contributed by atoms with Gasteiger partial charge in [0.25, 0.3) is 5.91 Å². The van der Waals surface area contributed by atoms with Crippen molar-refractivity contribution < 1.29 is 39.6 Å². The van der Waals surface area contributed by atoms with E-state index in [-0.39, 0.29) is 29.7 Å². The van der Waals surface area contributed by atoms with E-state index >= 15 is 0 Å². The van der Waals surface area contributed by atoms with Crippen molar-refractivity contribution in [3.05, 3.63) is 64.4 Å². The van der Waals surface area contributed by atoms with Crippen molar-refractivity contribution in [2.75, 3.05) is 29.6 Å². The Balaban J connectivity index is 1.61. The first-order chi connectivity index (χ1) is 18.9. The summed E-state index contributed by atoms with van der Waals surface area (Å²) in [6.45, 7) is 0. The number of phenolic OH excluding ortho intramolecular Hbond substituents is 1. The number of rotatable bonds is 4. The minimum atomic E-state index is -2.65. The van der Waals surface area contributed by atoms with Gasteiger partial charge < -0.3 is 41.7 Å². The summed E-state index contributed by atoms with van der Waals surface area (Å²) >= 11 is 0. The molecule has 0 bridgehead atoms. The Hall–Kier alpha value is -4.84. The molecule has 0 spiro atoms. The number of aliphatic hydroxyl groups excluding tert-OH is 2. The average Bonchev–Trinajstić information content (AvgIpc) is 2.88. The Morgan fingerprint density at radius 2 is 1.73 bits per heavy atom. The molecule has 208 valence electrons. The van der Waals surface area contributed by atoms with Crippen molar-refractivity contribution in [1.29, 1.82) is 0 Å². The number of aromatic hydroxyl groups is 1. The van der Waals surface area contributed by atoms with E-state index < -0.39 is 70.2 Å². The maximum absolute atomic E-state index is 13.7. The molecule has 8 N–H and O–H groups in total. The van der Waals surface area contributed by atoms with Crippen LogP contribution in [0.25, 0.3) is 5.76 Å². The fourth-order valence-corrected chi connectivity index (χ4v) is 5.97. The van der Waals surface area contributed by atoms with Gasteiger partial charge in [-0.05, 0) is 42.5 Å². The van der Waals surface area contributed by atoms with E-state index in [2.05, 4.69) is 10.6 Å². The summed E-state index contributed by atoms with van der Waals surface area (Å²) in [5.74, 6) is -7.16. The number of nitrogens with zero attached hydrogens (tertiary/aromatic N) is 1. The van der Waals surface area contributed by atoms with Crippen LogP contribution in [0, 0.1) is 11.8 Å². The largest absolute Gasteiger partial charge is 0.508 e. The van der Waals surface area contributed by atoms with Crippen LogP contribution < -0.4 is 21.3 Å². The molecule has 0 radical (unpaired) electrons. The summed E-state index contributed by atoms with van der Waals surface area (Å²) in [5.41, 5.74) is 2.82. The Kier molecular flexibility index (Phi) is 6.30. The summed E-state index contributed by atoms with van der Waals surface area (Å²) in [6.07, 6.45) is -0.227. The molecule has 12 heteroatoms. The highest BCUT2D eigenvalue weighted by Crippen LogP contribution is 2.54. The summed E-state index contributed by atoms with van der Waals surface area (Å²) in [6, 6.07) is 9.47. The van der Waals surface area contributed by atoms with Gasteiger partial charge in [0.2, 0.25) is 5.78 Å². The molecule has 0 saturated heterocycles. The molecule has 5 rings (SSSR count). The number of ketones is 2. The molecule has 1 saturated carbocycles. The number of phenols is 1. The zero-order valence-corrected chi connectivity index (χ0v) is 21.7. The minimum Gasteiger partial charge on any atom is -0.508 e. The number of nitrogens with two attached hydrogens (primary N) is 1. The maximum atomic E-state index is 13.7. The number of hydrogen-bond donors (Lipinski definition) is 7. The van der Waals surface area contributed by atoms with E-state index in [4.69, 9.17) is 5.73 Å². The number of benzene rings is 2. The highest BCUT2D eigenvalue weighted by atomic mass is 16.3. The number of urea groups is 1.